The lowest BCUT2D eigenvalue weighted by Gasteiger charge is -2.29. The van der Waals surface area contributed by atoms with Gasteiger partial charge in [-0.25, -0.2) is 0 Å². The maximum atomic E-state index is 12.9. The second kappa shape index (κ2) is 9.42. The van der Waals surface area contributed by atoms with Crippen molar-refractivity contribution in [2.24, 2.45) is 0 Å². The summed E-state index contributed by atoms with van der Waals surface area (Å²) in [5, 5.41) is 12.5. The Morgan fingerprint density at radius 2 is 2.07 bits per heavy atom. The highest BCUT2D eigenvalue weighted by molar-refractivity contribution is 7.10. The van der Waals surface area contributed by atoms with E-state index in [1.807, 2.05) is 17.5 Å². The van der Waals surface area contributed by atoms with Crippen molar-refractivity contribution in [3.8, 4) is 0 Å². The van der Waals surface area contributed by atoms with E-state index >= 15 is 0 Å². The monoisotopic (exact) mass is 428 g/mol. The number of nitrogens with zero attached hydrogens (tertiary/aromatic N) is 2. The molecule has 2 aromatic rings. The number of morpholine rings is 1. The van der Waals surface area contributed by atoms with Crippen molar-refractivity contribution in [2.45, 2.75) is 12.5 Å². The maximum absolute atomic E-state index is 12.9. The molecular weight excluding hydrogens is 404 g/mol. The Kier molecular flexibility index (Phi) is 6.47. The second-order valence-electron chi connectivity index (χ2n) is 7.20. The molecule has 0 saturated carbocycles. The molecule has 0 bridgehead atoms. The summed E-state index contributed by atoms with van der Waals surface area (Å²) < 4.78 is 10.6. The summed E-state index contributed by atoms with van der Waals surface area (Å²) in [5.74, 6) is -0.826. The molecule has 2 aliphatic heterocycles. The standard InChI is InChI=1S/C22H24N2O5S/c25-17(7-6-16-4-1-12-29-16)19-20(18-5-2-15-30-18)24(22(27)21(19)26)9-3-8-23-10-13-28-14-11-23/h1-2,4-7,12,15,20,26H,3,8-11,13-14H2/b7-6+/t20-/m0/s1. The number of rotatable bonds is 8. The van der Waals surface area contributed by atoms with Gasteiger partial charge >= 0.3 is 0 Å². The minimum Gasteiger partial charge on any atom is -0.503 e. The van der Waals surface area contributed by atoms with Crippen molar-refractivity contribution in [3.05, 3.63) is 64.0 Å². The van der Waals surface area contributed by atoms with Crippen molar-refractivity contribution in [1.82, 2.24) is 9.80 Å². The molecule has 8 heteroatoms. The van der Waals surface area contributed by atoms with Crippen molar-refractivity contribution < 1.29 is 23.8 Å². The molecule has 1 atom stereocenters. The lowest BCUT2D eigenvalue weighted by molar-refractivity contribution is -0.129. The van der Waals surface area contributed by atoms with Crippen molar-refractivity contribution >= 4 is 29.1 Å². The molecule has 0 unspecified atom stereocenters. The number of ketones is 1. The lowest BCUT2D eigenvalue weighted by atomic mass is 10.0. The van der Waals surface area contributed by atoms with Gasteiger partial charge in [-0.15, -0.1) is 11.3 Å². The molecule has 2 aromatic heterocycles. The number of amides is 1. The fourth-order valence-corrected chi connectivity index (χ4v) is 4.65. The smallest absolute Gasteiger partial charge is 0.290 e. The van der Waals surface area contributed by atoms with Gasteiger partial charge in [-0.1, -0.05) is 6.07 Å². The molecule has 7 nitrogen and oxygen atoms in total. The quantitative estimate of drug-likeness (QED) is 0.651. The zero-order valence-electron chi connectivity index (χ0n) is 16.5. The third-order valence-corrected chi connectivity index (χ3v) is 6.23. The van der Waals surface area contributed by atoms with E-state index in [9.17, 15) is 14.7 Å². The van der Waals surface area contributed by atoms with E-state index in [2.05, 4.69) is 4.90 Å². The first kappa shape index (κ1) is 20.6. The molecule has 0 spiro atoms. The average molecular weight is 429 g/mol. The Morgan fingerprint density at radius 3 is 2.77 bits per heavy atom. The summed E-state index contributed by atoms with van der Waals surface area (Å²) in [5.41, 5.74) is 0.122. The van der Waals surface area contributed by atoms with E-state index in [0.717, 1.165) is 44.1 Å². The molecule has 0 radical (unpaired) electrons. The van der Waals surface area contributed by atoms with Crippen LogP contribution >= 0.6 is 11.3 Å². The predicted molar refractivity (Wildman–Crippen MR) is 113 cm³/mol. The number of aliphatic hydroxyl groups excluding tert-OH is 1. The number of allylic oxidation sites excluding steroid dienone is 1. The van der Waals surface area contributed by atoms with Gasteiger partial charge in [0.15, 0.2) is 11.5 Å². The van der Waals surface area contributed by atoms with E-state index in [4.69, 9.17) is 9.15 Å². The van der Waals surface area contributed by atoms with Gasteiger partial charge in [0, 0.05) is 31.1 Å². The van der Waals surface area contributed by atoms with Gasteiger partial charge in [0.05, 0.1) is 31.1 Å². The minimum absolute atomic E-state index is 0.122. The van der Waals surface area contributed by atoms with Crippen LogP contribution in [0.15, 0.2) is 57.7 Å². The molecule has 4 heterocycles. The lowest BCUT2D eigenvalue weighted by Crippen LogP contribution is -2.39. The van der Waals surface area contributed by atoms with Gasteiger partial charge < -0.3 is 19.2 Å². The van der Waals surface area contributed by atoms with Gasteiger partial charge in [-0.2, -0.15) is 0 Å². The summed E-state index contributed by atoms with van der Waals surface area (Å²) in [6.45, 7) is 4.52. The highest BCUT2D eigenvalue weighted by atomic mass is 32.1. The number of hydrogen-bond acceptors (Lipinski definition) is 7. The van der Waals surface area contributed by atoms with Crippen LogP contribution in [0, 0.1) is 0 Å². The van der Waals surface area contributed by atoms with Crippen LogP contribution in [0.5, 0.6) is 0 Å². The zero-order chi connectivity index (χ0) is 20.9. The second-order valence-corrected chi connectivity index (χ2v) is 8.18. The molecule has 0 aliphatic carbocycles. The number of carbonyl (C=O) groups excluding carboxylic acids is 2. The molecule has 2 aliphatic rings. The van der Waals surface area contributed by atoms with E-state index < -0.39 is 23.5 Å². The van der Waals surface area contributed by atoms with Gasteiger partial charge in [0.2, 0.25) is 0 Å². The molecule has 158 valence electrons. The maximum Gasteiger partial charge on any atom is 0.290 e. The molecule has 30 heavy (non-hydrogen) atoms. The molecule has 1 saturated heterocycles. The number of aliphatic hydroxyl groups is 1. The SMILES string of the molecule is O=C(/C=C/c1ccco1)C1=C(O)C(=O)N(CCCN2CCOCC2)[C@H]1c1cccs1. The third-order valence-electron chi connectivity index (χ3n) is 5.30. The number of hydrogen-bond donors (Lipinski definition) is 1. The third kappa shape index (κ3) is 4.40. The van der Waals surface area contributed by atoms with Crippen molar-refractivity contribution in [3.63, 3.8) is 0 Å². The fourth-order valence-electron chi connectivity index (χ4n) is 3.80. The Balaban J connectivity index is 1.51. The van der Waals surface area contributed by atoms with Crippen LogP contribution in [0.2, 0.25) is 0 Å². The number of ether oxygens (including phenoxy) is 1. The summed E-state index contributed by atoms with van der Waals surface area (Å²) >= 11 is 1.47. The summed E-state index contributed by atoms with van der Waals surface area (Å²) in [7, 11) is 0. The summed E-state index contributed by atoms with van der Waals surface area (Å²) in [6, 6.07) is 6.65. The van der Waals surface area contributed by atoms with Crippen molar-refractivity contribution in [1.29, 1.82) is 0 Å². The van der Waals surface area contributed by atoms with Crippen LogP contribution in [-0.2, 0) is 14.3 Å². The van der Waals surface area contributed by atoms with Gasteiger partial charge in [0.25, 0.3) is 5.91 Å². The molecular formula is C22H24N2O5S. The van der Waals surface area contributed by atoms with Gasteiger partial charge in [-0.05, 0) is 42.2 Å². The van der Waals surface area contributed by atoms with Crippen LogP contribution in [0.1, 0.15) is 23.1 Å². The first-order valence-corrected chi connectivity index (χ1v) is 10.9. The molecule has 0 aromatic carbocycles. The van der Waals surface area contributed by atoms with E-state index in [0.29, 0.717) is 12.3 Å². The molecule has 1 amide bonds. The Labute approximate surface area is 178 Å². The molecule has 1 N–H and O–H groups in total. The largest absolute Gasteiger partial charge is 0.503 e. The predicted octanol–water partition coefficient (Wildman–Crippen LogP) is 3.04. The topological polar surface area (TPSA) is 83.2 Å². The minimum atomic E-state index is -0.573. The van der Waals surface area contributed by atoms with Crippen LogP contribution in [-0.4, -0.2) is 66.0 Å². The van der Waals surface area contributed by atoms with Crippen LogP contribution in [0.25, 0.3) is 6.08 Å². The summed E-state index contributed by atoms with van der Waals surface area (Å²) in [6.07, 6.45) is 5.16. The van der Waals surface area contributed by atoms with E-state index in [-0.39, 0.29) is 5.57 Å². The van der Waals surface area contributed by atoms with Crippen LogP contribution < -0.4 is 0 Å². The Morgan fingerprint density at radius 1 is 1.23 bits per heavy atom. The molecule has 1 fully saturated rings. The fraction of sp³-hybridized carbons (Fsp3) is 0.364. The Hall–Kier alpha value is -2.68. The van der Waals surface area contributed by atoms with Gasteiger partial charge in [-0.3, -0.25) is 14.5 Å². The molecule has 4 rings (SSSR count). The number of thiophene rings is 1. The normalized spacial score (nSPS) is 20.6. The van der Waals surface area contributed by atoms with Crippen LogP contribution in [0.4, 0.5) is 0 Å². The van der Waals surface area contributed by atoms with Crippen molar-refractivity contribution in [2.75, 3.05) is 39.4 Å². The number of furan rings is 1. The highest BCUT2D eigenvalue weighted by Gasteiger charge is 2.43. The summed E-state index contributed by atoms with van der Waals surface area (Å²) in [4.78, 5) is 30.5. The zero-order valence-corrected chi connectivity index (χ0v) is 17.3. The first-order valence-electron chi connectivity index (χ1n) is 9.98. The van der Waals surface area contributed by atoms with Crippen LogP contribution in [0.3, 0.4) is 0 Å². The highest BCUT2D eigenvalue weighted by Crippen LogP contribution is 2.39. The van der Waals surface area contributed by atoms with E-state index in [1.165, 1.54) is 23.7 Å². The first-order chi connectivity index (χ1) is 14.6. The average Bonchev–Trinajstić information content (AvgIpc) is 3.51. The Bertz CT molecular complexity index is 927. The number of carbonyl (C=O) groups is 2. The van der Waals surface area contributed by atoms with E-state index in [1.54, 1.807) is 23.1 Å². The van der Waals surface area contributed by atoms with Gasteiger partial charge in [0.1, 0.15) is 5.76 Å².